The van der Waals surface area contributed by atoms with Gasteiger partial charge >= 0.3 is 0 Å². The van der Waals surface area contributed by atoms with Crippen LogP contribution in [0.25, 0.3) is 0 Å². The zero-order chi connectivity index (χ0) is 11.1. The van der Waals surface area contributed by atoms with Crippen molar-refractivity contribution in [1.29, 1.82) is 0 Å². The van der Waals surface area contributed by atoms with E-state index in [1.165, 1.54) is 19.3 Å². The second kappa shape index (κ2) is 4.19. The summed E-state index contributed by atoms with van der Waals surface area (Å²) in [6.45, 7) is 3.18. The van der Waals surface area contributed by atoms with Crippen molar-refractivity contribution in [3.8, 4) is 0 Å². The molecular weight excluding hydrogens is 266 g/mol. The number of nitrogens with one attached hydrogen (secondary N) is 1. The second-order valence-electron chi connectivity index (χ2n) is 5.16. The zero-order valence-corrected chi connectivity index (χ0v) is 11.2. The van der Waals surface area contributed by atoms with E-state index < -0.39 is 0 Å². The van der Waals surface area contributed by atoms with Gasteiger partial charge in [0.05, 0.1) is 6.04 Å². The quantitative estimate of drug-likeness (QED) is 0.911. The molecule has 3 heteroatoms. The summed E-state index contributed by atoms with van der Waals surface area (Å²) in [6.07, 6.45) is 4.26. The van der Waals surface area contributed by atoms with Crippen LogP contribution in [0.15, 0.2) is 21.2 Å². The molecule has 0 spiro atoms. The predicted octanol–water partition coefficient (Wildman–Crippen LogP) is 3.74. The fraction of sp³-hybridized carbons (Fsp3) is 0.692. The van der Waals surface area contributed by atoms with Gasteiger partial charge in [-0.3, -0.25) is 0 Å². The minimum atomic E-state index is 0.420. The first-order valence-electron chi connectivity index (χ1n) is 6.26. The van der Waals surface area contributed by atoms with Gasteiger partial charge in [0.2, 0.25) is 0 Å². The minimum Gasteiger partial charge on any atom is -0.453 e. The van der Waals surface area contributed by atoms with Crippen molar-refractivity contribution in [3.63, 3.8) is 0 Å². The van der Waals surface area contributed by atoms with Crippen molar-refractivity contribution in [2.75, 3.05) is 6.54 Å². The Balaban J connectivity index is 1.75. The standard InChI is InChI=1S/C13H18BrNO/c1-2-15-13(11-3-4-12(14)16-11)10-6-8-5-9(8)7-10/h3-4,8-10,13,15H,2,5-7H2,1H3. The molecule has 2 aliphatic rings. The van der Waals surface area contributed by atoms with E-state index in [1.54, 1.807) is 0 Å². The molecule has 3 atom stereocenters. The van der Waals surface area contributed by atoms with Gasteiger partial charge < -0.3 is 9.73 Å². The van der Waals surface area contributed by atoms with Crippen LogP contribution < -0.4 is 5.32 Å². The lowest BCUT2D eigenvalue weighted by atomic mass is 9.92. The molecule has 0 radical (unpaired) electrons. The van der Waals surface area contributed by atoms with Crippen molar-refractivity contribution in [2.24, 2.45) is 17.8 Å². The maximum Gasteiger partial charge on any atom is 0.169 e. The summed E-state index contributed by atoms with van der Waals surface area (Å²) in [7, 11) is 0. The minimum absolute atomic E-state index is 0.420. The van der Waals surface area contributed by atoms with Gasteiger partial charge in [0.15, 0.2) is 4.67 Å². The van der Waals surface area contributed by atoms with Gasteiger partial charge in [-0.15, -0.1) is 0 Å². The topological polar surface area (TPSA) is 25.2 Å². The maximum atomic E-state index is 5.71. The summed E-state index contributed by atoms with van der Waals surface area (Å²) in [5, 5.41) is 3.58. The Kier molecular flexibility index (Phi) is 2.84. The molecular formula is C13H18BrNO. The maximum absolute atomic E-state index is 5.71. The molecule has 1 heterocycles. The van der Waals surface area contributed by atoms with E-state index in [4.69, 9.17) is 4.42 Å². The Labute approximate surface area is 105 Å². The van der Waals surface area contributed by atoms with Gasteiger partial charge in [0, 0.05) is 0 Å². The number of hydrogen-bond acceptors (Lipinski definition) is 2. The first kappa shape index (κ1) is 10.8. The fourth-order valence-electron chi connectivity index (χ4n) is 3.25. The van der Waals surface area contributed by atoms with E-state index in [1.807, 2.05) is 6.07 Å². The monoisotopic (exact) mass is 283 g/mol. The lowest BCUT2D eigenvalue weighted by molar-refractivity contribution is 0.295. The Morgan fingerprint density at radius 3 is 2.69 bits per heavy atom. The highest BCUT2D eigenvalue weighted by Gasteiger charge is 2.48. The van der Waals surface area contributed by atoms with Crippen LogP contribution in [-0.4, -0.2) is 6.54 Å². The van der Waals surface area contributed by atoms with Crippen molar-refractivity contribution < 1.29 is 4.42 Å². The third kappa shape index (κ3) is 1.95. The van der Waals surface area contributed by atoms with Crippen LogP contribution >= 0.6 is 15.9 Å². The molecule has 2 aliphatic carbocycles. The van der Waals surface area contributed by atoms with E-state index in [0.29, 0.717) is 6.04 Å². The Morgan fingerprint density at radius 2 is 2.12 bits per heavy atom. The van der Waals surface area contributed by atoms with Crippen LogP contribution in [0.5, 0.6) is 0 Å². The van der Waals surface area contributed by atoms with Gasteiger partial charge in [-0.1, -0.05) is 6.92 Å². The number of rotatable bonds is 4. The largest absolute Gasteiger partial charge is 0.453 e. The average Bonchev–Trinajstić information content (AvgIpc) is 2.71. The summed E-state index contributed by atoms with van der Waals surface area (Å²) in [4.78, 5) is 0. The first-order valence-corrected chi connectivity index (χ1v) is 7.06. The van der Waals surface area contributed by atoms with Crippen molar-refractivity contribution in [1.82, 2.24) is 5.32 Å². The summed E-state index contributed by atoms with van der Waals surface area (Å²) < 4.78 is 6.56. The predicted molar refractivity (Wildman–Crippen MR) is 67.1 cm³/mol. The number of fused-ring (bicyclic) bond motifs is 1. The lowest BCUT2D eigenvalue weighted by Gasteiger charge is -2.23. The Hall–Kier alpha value is -0.280. The Bertz CT molecular complexity index is 366. The van der Waals surface area contributed by atoms with Crippen molar-refractivity contribution in [2.45, 2.75) is 32.2 Å². The smallest absolute Gasteiger partial charge is 0.169 e. The molecule has 88 valence electrons. The molecule has 3 unspecified atom stereocenters. The summed E-state index contributed by atoms with van der Waals surface area (Å²) in [6, 6.07) is 4.51. The summed E-state index contributed by atoms with van der Waals surface area (Å²) in [5.41, 5.74) is 0. The molecule has 0 amide bonds. The van der Waals surface area contributed by atoms with Crippen molar-refractivity contribution >= 4 is 15.9 Å². The number of hydrogen-bond donors (Lipinski definition) is 1. The molecule has 1 aromatic heterocycles. The van der Waals surface area contributed by atoms with Crippen LogP contribution in [-0.2, 0) is 0 Å². The van der Waals surface area contributed by atoms with Crippen LogP contribution in [0.1, 0.15) is 38.0 Å². The van der Waals surface area contributed by atoms with Gasteiger partial charge in [-0.05, 0) is 71.6 Å². The van der Waals surface area contributed by atoms with E-state index in [-0.39, 0.29) is 0 Å². The summed E-state index contributed by atoms with van der Waals surface area (Å²) in [5.74, 6) is 3.94. The molecule has 0 aromatic carbocycles. The van der Waals surface area contributed by atoms with Gasteiger partial charge in [-0.25, -0.2) is 0 Å². The van der Waals surface area contributed by atoms with Crippen molar-refractivity contribution in [3.05, 3.63) is 22.6 Å². The summed E-state index contributed by atoms with van der Waals surface area (Å²) >= 11 is 3.39. The SMILES string of the molecule is CCNC(c1ccc(Br)o1)C1CC2CC2C1. The third-order valence-electron chi connectivity index (χ3n) is 4.08. The van der Waals surface area contributed by atoms with E-state index in [2.05, 4.69) is 34.2 Å². The van der Waals surface area contributed by atoms with Gasteiger partial charge in [0.25, 0.3) is 0 Å². The lowest BCUT2D eigenvalue weighted by Crippen LogP contribution is -2.27. The highest BCUT2D eigenvalue weighted by molar-refractivity contribution is 9.10. The van der Waals surface area contributed by atoms with Crippen LogP contribution in [0.2, 0.25) is 0 Å². The van der Waals surface area contributed by atoms with Crippen LogP contribution in [0.3, 0.4) is 0 Å². The van der Waals surface area contributed by atoms with E-state index in [0.717, 1.165) is 34.7 Å². The molecule has 2 nitrogen and oxygen atoms in total. The third-order valence-corrected chi connectivity index (χ3v) is 4.50. The van der Waals surface area contributed by atoms with Crippen LogP contribution in [0.4, 0.5) is 0 Å². The molecule has 1 aromatic rings. The average molecular weight is 284 g/mol. The van der Waals surface area contributed by atoms with E-state index in [9.17, 15) is 0 Å². The van der Waals surface area contributed by atoms with Gasteiger partial charge in [0.1, 0.15) is 5.76 Å². The van der Waals surface area contributed by atoms with Crippen LogP contribution in [0, 0.1) is 17.8 Å². The molecule has 0 bridgehead atoms. The Morgan fingerprint density at radius 1 is 1.38 bits per heavy atom. The molecule has 16 heavy (non-hydrogen) atoms. The van der Waals surface area contributed by atoms with E-state index >= 15 is 0 Å². The molecule has 1 N–H and O–H groups in total. The zero-order valence-electron chi connectivity index (χ0n) is 9.58. The fourth-order valence-corrected chi connectivity index (χ4v) is 3.57. The highest BCUT2D eigenvalue weighted by atomic mass is 79.9. The number of furan rings is 1. The molecule has 2 saturated carbocycles. The molecule has 0 aliphatic heterocycles. The van der Waals surface area contributed by atoms with Gasteiger partial charge in [-0.2, -0.15) is 0 Å². The second-order valence-corrected chi connectivity index (χ2v) is 5.95. The molecule has 3 rings (SSSR count). The normalized spacial score (nSPS) is 33.8. The first-order chi connectivity index (χ1) is 7.78. The molecule has 0 saturated heterocycles. The molecule has 2 fully saturated rings. The highest BCUT2D eigenvalue weighted by Crippen LogP contribution is 2.57. The number of halogens is 1.